The maximum absolute atomic E-state index is 10.7. The van der Waals surface area contributed by atoms with Crippen molar-refractivity contribution in [3.63, 3.8) is 0 Å². The molecule has 5 aromatic rings. The van der Waals surface area contributed by atoms with Gasteiger partial charge in [-0.15, -0.1) is 11.3 Å². The molecule has 0 fully saturated rings. The minimum atomic E-state index is 0.119. The largest absolute Gasteiger partial charge is 0.507 e. The number of nitrogens with one attached hydrogen (secondary N) is 1. The molecule has 0 saturated heterocycles. The molecule has 39 heavy (non-hydrogen) atoms. The van der Waals surface area contributed by atoms with Gasteiger partial charge in [0.15, 0.2) is 0 Å². The number of ether oxygens (including phenoxy) is 1. The van der Waals surface area contributed by atoms with Gasteiger partial charge in [0.05, 0.1) is 46.0 Å². The number of aryl methyl sites for hydroxylation is 1. The average Bonchev–Trinajstić information content (AvgIpc) is 3.60. The molecule has 0 aliphatic carbocycles. The molecule has 4 heterocycles. The summed E-state index contributed by atoms with van der Waals surface area (Å²) >= 11 is 8.90. The van der Waals surface area contributed by atoms with Crippen LogP contribution in [-0.2, 0) is 11.8 Å². The second-order valence-corrected chi connectivity index (χ2v) is 9.90. The van der Waals surface area contributed by atoms with E-state index in [1.54, 1.807) is 34.5 Å². The van der Waals surface area contributed by atoms with Crippen molar-refractivity contribution < 1.29 is 9.84 Å². The number of phenolic OH excluding ortho intramolecular Hbond substituents is 1. The van der Waals surface area contributed by atoms with Gasteiger partial charge in [0.1, 0.15) is 17.9 Å². The zero-order valence-corrected chi connectivity index (χ0v) is 25.1. The number of fused-ring (bicyclic) bond motifs is 2. The van der Waals surface area contributed by atoms with Crippen LogP contribution in [0.1, 0.15) is 20.3 Å². The van der Waals surface area contributed by atoms with E-state index in [0.29, 0.717) is 16.7 Å². The lowest BCUT2D eigenvalue weighted by Crippen LogP contribution is -2.02. The first-order chi connectivity index (χ1) is 19.0. The van der Waals surface area contributed by atoms with Crippen LogP contribution in [0.3, 0.4) is 0 Å². The number of hydrogen-bond acceptors (Lipinski definition) is 10. The molecule has 0 spiro atoms. The van der Waals surface area contributed by atoms with Gasteiger partial charge in [0.25, 0.3) is 0 Å². The highest BCUT2D eigenvalue weighted by molar-refractivity contribution is 7.80. The Balaban J connectivity index is 0.000000296. The van der Waals surface area contributed by atoms with Crippen LogP contribution in [0.4, 0.5) is 11.5 Å². The predicted molar refractivity (Wildman–Crippen MR) is 170 cm³/mol. The first-order valence-electron chi connectivity index (χ1n) is 12.3. The van der Waals surface area contributed by atoms with Crippen molar-refractivity contribution in [3.05, 3.63) is 66.2 Å². The van der Waals surface area contributed by atoms with Crippen LogP contribution < -0.4 is 5.32 Å². The Morgan fingerprint density at radius 2 is 1.90 bits per heavy atom. The summed E-state index contributed by atoms with van der Waals surface area (Å²) in [5.41, 5.74) is 7.45. The number of phenols is 1. The van der Waals surface area contributed by atoms with Crippen molar-refractivity contribution in [2.24, 2.45) is 7.05 Å². The summed E-state index contributed by atoms with van der Waals surface area (Å²) in [5.74, 6) is 1.62. The van der Waals surface area contributed by atoms with E-state index in [1.807, 2.05) is 49.9 Å². The highest BCUT2D eigenvalue weighted by Crippen LogP contribution is 2.35. The normalized spacial score (nSPS) is 12.3. The summed E-state index contributed by atoms with van der Waals surface area (Å²) in [6, 6.07) is 9.54. The molecule has 0 bridgehead atoms. The Bertz CT molecular complexity index is 1520. The number of aromatic nitrogens is 5. The monoisotopic (exact) mass is 582 g/mol. The summed E-state index contributed by atoms with van der Waals surface area (Å²) in [4.78, 5) is 12.9. The lowest BCUT2D eigenvalue weighted by molar-refractivity contribution is 0.150. The number of aromatic hydroxyl groups is 1. The fourth-order valence-corrected chi connectivity index (χ4v) is 4.47. The molecular weight excluding hydrogens is 549 g/mol. The van der Waals surface area contributed by atoms with Gasteiger partial charge < -0.3 is 15.2 Å². The first kappa shape index (κ1) is 30.4. The number of hydrogen-bond donors (Lipinski definition) is 4. The van der Waals surface area contributed by atoms with E-state index < -0.39 is 0 Å². The second-order valence-electron chi connectivity index (χ2n) is 8.38. The van der Waals surface area contributed by atoms with Gasteiger partial charge in [0.2, 0.25) is 0 Å². The molecule has 6 rings (SSSR count). The molecule has 1 aliphatic rings. The Hall–Kier alpha value is -3.12. The molecule has 2 N–H and O–H groups in total. The minimum Gasteiger partial charge on any atom is -0.507 e. The van der Waals surface area contributed by atoms with Crippen LogP contribution in [0, 0.1) is 0 Å². The number of thiol groups is 2. The lowest BCUT2D eigenvalue weighted by atomic mass is 10.1. The molecule has 1 aliphatic heterocycles. The number of anilines is 2. The maximum Gasteiger partial charge on any atom is 0.145 e. The molecule has 11 heteroatoms. The topological polar surface area (TPSA) is 98.0 Å². The Kier molecular flexibility index (Phi) is 12.1. The molecule has 0 amide bonds. The Morgan fingerprint density at radius 1 is 1.10 bits per heavy atom. The van der Waals surface area contributed by atoms with Gasteiger partial charge in [-0.25, -0.2) is 15.0 Å². The smallest absolute Gasteiger partial charge is 0.145 e. The van der Waals surface area contributed by atoms with Crippen molar-refractivity contribution in [1.82, 2.24) is 24.7 Å². The lowest BCUT2D eigenvalue weighted by Gasteiger charge is -2.11. The van der Waals surface area contributed by atoms with Crippen molar-refractivity contribution in [2.75, 3.05) is 30.5 Å². The molecule has 0 atom stereocenters. The molecule has 0 radical (unpaired) electrons. The van der Waals surface area contributed by atoms with E-state index in [4.69, 9.17) is 4.74 Å². The zero-order chi connectivity index (χ0) is 28.2. The van der Waals surface area contributed by atoms with Crippen molar-refractivity contribution in [3.8, 4) is 16.9 Å². The highest BCUT2D eigenvalue weighted by Gasteiger charge is 2.13. The van der Waals surface area contributed by atoms with Gasteiger partial charge in [-0.05, 0) is 61.2 Å². The molecule has 206 valence electrons. The number of benzene rings is 2. The van der Waals surface area contributed by atoms with Gasteiger partial charge in [-0.2, -0.15) is 30.4 Å². The molecule has 3 aromatic heterocycles. The Morgan fingerprint density at radius 3 is 2.54 bits per heavy atom. The summed E-state index contributed by atoms with van der Waals surface area (Å²) in [5, 5.41) is 18.7. The summed E-state index contributed by atoms with van der Waals surface area (Å²) < 4.78 is 7.92. The average molecular weight is 583 g/mol. The van der Waals surface area contributed by atoms with Gasteiger partial charge in [-0.1, -0.05) is 18.6 Å². The van der Waals surface area contributed by atoms with Crippen molar-refractivity contribution in [2.45, 2.75) is 20.3 Å². The van der Waals surface area contributed by atoms with Gasteiger partial charge in [-0.3, -0.25) is 4.68 Å². The van der Waals surface area contributed by atoms with E-state index in [0.717, 1.165) is 52.4 Å². The molecule has 0 unspecified atom stereocenters. The predicted octanol–water partition coefficient (Wildman–Crippen LogP) is 6.92. The number of nitrogens with zero attached hydrogens (tertiary/aromatic N) is 5. The third-order valence-electron chi connectivity index (χ3n) is 5.43. The van der Waals surface area contributed by atoms with E-state index in [-0.39, 0.29) is 5.75 Å². The summed E-state index contributed by atoms with van der Waals surface area (Å²) in [7, 11) is 1.86. The highest BCUT2D eigenvalue weighted by atomic mass is 32.1. The van der Waals surface area contributed by atoms with Crippen LogP contribution in [-0.4, -0.2) is 55.1 Å². The third-order valence-corrected chi connectivity index (χ3v) is 6.23. The van der Waals surface area contributed by atoms with Gasteiger partial charge in [0, 0.05) is 24.5 Å². The SMILES string of the molecule is CC1=CCCOC1.CCS.CS.Cn1cc(-c2cc(O)c3c(Nc4ccc5ncsc5c4)ncnc3c2)cn1. The maximum atomic E-state index is 10.7. The van der Waals surface area contributed by atoms with Crippen molar-refractivity contribution in [1.29, 1.82) is 0 Å². The molecular formula is C28H34N6O2S3. The van der Waals surface area contributed by atoms with Crippen LogP contribution in [0.15, 0.2) is 66.2 Å². The molecule has 2 aromatic carbocycles. The van der Waals surface area contributed by atoms with Crippen LogP contribution in [0.5, 0.6) is 5.75 Å². The number of rotatable bonds is 3. The third kappa shape index (κ3) is 8.43. The molecule has 0 saturated carbocycles. The van der Waals surface area contributed by atoms with Gasteiger partial charge >= 0.3 is 0 Å². The summed E-state index contributed by atoms with van der Waals surface area (Å²) in [6.45, 7) is 5.85. The van der Waals surface area contributed by atoms with E-state index >= 15 is 0 Å². The minimum absolute atomic E-state index is 0.119. The van der Waals surface area contributed by atoms with E-state index in [2.05, 4.69) is 63.6 Å². The Labute approximate surface area is 244 Å². The number of thiazole rings is 1. The quantitative estimate of drug-likeness (QED) is 0.135. The fourth-order valence-electron chi connectivity index (χ4n) is 3.75. The van der Waals surface area contributed by atoms with Crippen LogP contribution >= 0.6 is 36.6 Å². The summed E-state index contributed by atoms with van der Waals surface area (Å²) in [6.07, 6.45) is 10.2. The van der Waals surface area contributed by atoms with E-state index in [1.165, 1.54) is 11.9 Å². The van der Waals surface area contributed by atoms with E-state index in [9.17, 15) is 5.11 Å². The standard InChI is InChI=1S/C19H14N6OS.C6H10O.C2H6S.CH4S/c1-25-8-12(7-23-25)11-4-15-18(16(26)5-11)19(21-9-20-15)24-13-2-3-14-17(6-13)27-10-22-14;1-6-3-2-4-7-5-6;1-2-3;1-2/h2-10,26H,1H3,(H,20,21,24);3H,2,4-5H2,1H3;3H,2H2,1H3;2H,1H3. The fraction of sp³-hybridized carbons (Fsp3) is 0.286. The zero-order valence-electron chi connectivity index (χ0n) is 22.5. The second kappa shape index (κ2) is 15.5. The van der Waals surface area contributed by atoms with Crippen LogP contribution in [0.2, 0.25) is 0 Å². The van der Waals surface area contributed by atoms with Crippen molar-refractivity contribution >= 4 is 69.2 Å². The molecule has 8 nitrogen and oxygen atoms in total. The van der Waals surface area contributed by atoms with Crippen LogP contribution in [0.25, 0.3) is 32.2 Å². The first-order valence-corrected chi connectivity index (χ1v) is 14.7.